The van der Waals surface area contributed by atoms with Crippen LogP contribution in [0.2, 0.25) is 0 Å². The number of nitrogens with one attached hydrogen (secondary N) is 1. The summed E-state index contributed by atoms with van der Waals surface area (Å²) in [6.45, 7) is 3.91. The largest absolute Gasteiger partial charge is 0.508 e. The van der Waals surface area contributed by atoms with Crippen LogP contribution in [-0.2, 0) is 13.0 Å². The monoisotopic (exact) mass is 243 g/mol. The number of hydrogen-bond donors (Lipinski definition) is 2. The number of fused-ring (bicyclic) bond motifs is 1. The lowest BCUT2D eigenvalue weighted by Crippen LogP contribution is -2.30. The molecule has 0 amide bonds. The van der Waals surface area contributed by atoms with E-state index in [1.54, 1.807) is 6.07 Å². The fraction of sp³-hybridized carbons (Fsp3) is 0.357. The molecule has 1 aliphatic rings. The SMILES string of the molecule is CCn1cc(C2NCCc3ccc(O)cc32)cn1. The maximum Gasteiger partial charge on any atom is 0.115 e. The number of phenolic OH excluding ortho intramolecular Hbond substituents is 1. The highest BCUT2D eigenvalue weighted by Gasteiger charge is 2.22. The summed E-state index contributed by atoms with van der Waals surface area (Å²) in [4.78, 5) is 0. The van der Waals surface area contributed by atoms with E-state index in [4.69, 9.17) is 0 Å². The zero-order valence-corrected chi connectivity index (χ0v) is 10.4. The topological polar surface area (TPSA) is 50.1 Å². The summed E-state index contributed by atoms with van der Waals surface area (Å²) in [5, 5.41) is 17.5. The predicted molar refractivity (Wildman–Crippen MR) is 69.6 cm³/mol. The third kappa shape index (κ3) is 1.88. The summed E-state index contributed by atoms with van der Waals surface area (Å²) < 4.78 is 1.92. The summed E-state index contributed by atoms with van der Waals surface area (Å²) in [5.41, 5.74) is 3.63. The van der Waals surface area contributed by atoms with Crippen molar-refractivity contribution in [3.05, 3.63) is 47.3 Å². The molecule has 0 saturated heterocycles. The molecule has 2 aromatic rings. The Bertz CT molecular complexity index is 562. The molecular weight excluding hydrogens is 226 g/mol. The first-order valence-electron chi connectivity index (χ1n) is 6.35. The number of rotatable bonds is 2. The maximum atomic E-state index is 9.66. The molecule has 0 radical (unpaired) electrons. The minimum absolute atomic E-state index is 0.140. The van der Waals surface area contributed by atoms with Crippen molar-refractivity contribution < 1.29 is 5.11 Å². The number of phenols is 1. The van der Waals surface area contributed by atoms with Crippen LogP contribution in [0.25, 0.3) is 0 Å². The van der Waals surface area contributed by atoms with E-state index >= 15 is 0 Å². The molecule has 94 valence electrons. The minimum Gasteiger partial charge on any atom is -0.508 e. The Balaban J connectivity index is 2.02. The highest BCUT2D eigenvalue weighted by Crippen LogP contribution is 2.30. The first kappa shape index (κ1) is 11.3. The van der Waals surface area contributed by atoms with Crippen molar-refractivity contribution >= 4 is 0 Å². The van der Waals surface area contributed by atoms with Crippen LogP contribution >= 0.6 is 0 Å². The van der Waals surface area contributed by atoms with Gasteiger partial charge < -0.3 is 10.4 Å². The molecule has 1 unspecified atom stereocenters. The molecule has 4 heteroatoms. The molecule has 2 N–H and O–H groups in total. The molecule has 3 rings (SSSR count). The third-order valence-corrected chi connectivity index (χ3v) is 3.49. The zero-order chi connectivity index (χ0) is 12.5. The van der Waals surface area contributed by atoms with Crippen molar-refractivity contribution in [1.29, 1.82) is 0 Å². The number of aromatic hydroxyl groups is 1. The molecule has 0 aliphatic carbocycles. The Kier molecular flexibility index (Phi) is 2.80. The fourth-order valence-corrected chi connectivity index (χ4v) is 2.54. The van der Waals surface area contributed by atoms with E-state index in [2.05, 4.69) is 23.5 Å². The van der Waals surface area contributed by atoms with Gasteiger partial charge in [-0.1, -0.05) is 6.07 Å². The second-order valence-electron chi connectivity index (χ2n) is 4.65. The van der Waals surface area contributed by atoms with E-state index in [0.717, 1.165) is 30.6 Å². The number of benzene rings is 1. The third-order valence-electron chi connectivity index (χ3n) is 3.49. The second-order valence-corrected chi connectivity index (χ2v) is 4.65. The van der Waals surface area contributed by atoms with Gasteiger partial charge in [-0.3, -0.25) is 4.68 Å². The van der Waals surface area contributed by atoms with Gasteiger partial charge in [0.15, 0.2) is 0 Å². The van der Waals surface area contributed by atoms with Crippen LogP contribution in [0.5, 0.6) is 5.75 Å². The van der Waals surface area contributed by atoms with Crippen LogP contribution in [0, 0.1) is 0 Å². The smallest absolute Gasteiger partial charge is 0.115 e. The van der Waals surface area contributed by atoms with Gasteiger partial charge in [-0.25, -0.2) is 0 Å². The Labute approximate surface area is 106 Å². The van der Waals surface area contributed by atoms with Crippen LogP contribution in [0.4, 0.5) is 0 Å². The van der Waals surface area contributed by atoms with Crippen LogP contribution in [0.1, 0.15) is 29.7 Å². The molecule has 0 saturated carbocycles. The van der Waals surface area contributed by atoms with Crippen molar-refractivity contribution in [2.75, 3.05) is 6.54 Å². The highest BCUT2D eigenvalue weighted by molar-refractivity contribution is 5.42. The molecule has 4 nitrogen and oxygen atoms in total. The number of nitrogens with zero attached hydrogens (tertiary/aromatic N) is 2. The van der Waals surface area contributed by atoms with E-state index in [9.17, 15) is 5.11 Å². The number of aryl methyl sites for hydroxylation is 1. The Morgan fingerprint density at radius 1 is 1.50 bits per heavy atom. The van der Waals surface area contributed by atoms with Gasteiger partial charge in [0.05, 0.1) is 12.2 Å². The van der Waals surface area contributed by atoms with Crippen molar-refractivity contribution in [2.24, 2.45) is 0 Å². The Morgan fingerprint density at radius 2 is 2.39 bits per heavy atom. The summed E-state index contributed by atoms with van der Waals surface area (Å²) in [6, 6.07) is 5.77. The summed E-state index contributed by atoms with van der Waals surface area (Å²) in [5.74, 6) is 0.324. The summed E-state index contributed by atoms with van der Waals surface area (Å²) in [6.07, 6.45) is 4.98. The van der Waals surface area contributed by atoms with Gasteiger partial charge in [0.2, 0.25) is 0 Å². The Hall–Kier alpha value is -1.81. The lowest BCUT2D eigenvalue weighted by atomic mass is 9.91. The number of aromatic nitrogens is 2. The first-order chi connectivity index (χ1) is 8.78. The van der Waals surface area contributed by atoms with Gasteiger partial charge in [0, 0.05) is 24.8 Å². The first-order valence-corrected chi connectivity index (χ1v) is 6.35. The average molecular weight is 243 g/mol. The maximum absolute atomic E-state index is 9.66. The predicted octanol–water partition coefficient (Wildman–Crippen LogP) is 1.84. The molecular formula is C14H17N3O. The molecule has 18 heavy (non-hydrogen) atoms. The normalized spacial score (nSPS) is 18.6. The average Bonchev–Trinajstić information content (AvgIpc) is 2.86. The molecule has 0 spiro atoms. The molecule has 1 aliphatic heterocycles. The van der Waals surface area contributed by atoms with Crippen LogP contribution in [-0.4, -0.2) is 21.4 Å². The van der Waals surface area contributed by atoms with Gasteiger partial charge in [-0.05, 0) is 36.6 Å². The number of hydrogen-bond acceptors (Lipinski definition) is 3. The van der Waals surface area contributed by atoms with Crippen molar-refractivity contribution in [3.8, 4) is 5.75 Å². The quantitative estimate of drug-likeness (QED) is 0.846. The van der Waals surface area contributed by atoms with Crippen molar-refractivity contribution in [1.82, 2.24) is 15.1 Å². The molecule has 1 aromatic heterocycles. The minimum atomic E-state index is 0.140. The van der Waals surface area contributed by atoms with Crippen LogP contribution in [0.3, 0.4) is 0 Å². The van der Waals surface area contributed by atoms with Gasteiger partial charge in [-0.15, -0.1) is 0 Å². The van der Waals surface area contributed by atoms with E-state index in [0.29, 0.717) is 5.75 Å². The van der Waals surface area contributed by atoms with Crippen molar-refractivity contribution in [2.45, 2.75) is 25.9 Å². The lowest BCUT2D eigenvalue weighted by Gasteiger charge is -2.26. The fourth-order valence-electron chi connectivity index (χ4n) is 2.54. The summed E-state index contributed by atoms with van der Waals surface area (Å²) >= 11 is 0. The molecule has 2 heterocycles. The van der Waals surface area contributed by atoms with Gasteiger partial charge in [-0.2, -0.15) is 5.10 Å². The van der Waals surface area contributed by atoms with Crippen LogP contribution in [0.15, 0.2) is 30.6 Å². The standard InChI is InChI=1S/C14H17N3O/c1-2-17-9-11(8-16-17)14-13-7-12(18)4-3-10(13)5-6-15-14/h3-4,7-9,14-15,18H,2,5-6H2,1H3. The Morgan fingerprint density at radius 3 is 3.17 bits per heavy atom. The van der Waals surface area contributed by atoms with Crippen molar-refractivity contribution in [3.63, 3.8) is 0 Å². The van der Waals surface area contributed by atoms with Gasteiger partial charge >= 0.3 is 0 Å². The van der Waals surface area contributed by atoms with E-state index in [1.807, 2.05) is 23.0 Å². The van der Waals surface area contributed by atoms with Crippen LogP contribution < -0.4 is 5.32 Å². The lowest BCUT2D eigenvalue weighted by molar-refractivity contribution is 0.470. The summed E-state index contributed by atoms with van der Waals surface area (Å²) in [7, 11) is 0. The highest BCUT2D eigenvalue weighted by atomic mass is 16.3. The van der Waals surface area contributed by atoms with E-state index < -0.39 is 0 Å². The molecule has 1 aromatic carbocycles. The molecule has 0 bridgehead atoms. The molecule has 1 atom stereocenters. The van der Waals surface area contributed by atoms with E-state index in [1.165, 1.54) is 5.56 Å². The second kappa shape index (κ2) is 4.46. The zero-order valence-electron chi connectivity index (χ0n) is 10.4. The van der Waals surface area contributed by atoms with Gasteiger partial charge in [0.1, 0.15) is 5.75 Å². The van der Waals surface area contributed by atoms with E-state index in [-0.39, 0.29) is 6.04 Å². The molecule has 0 fully saturated rings. The van der Waals surface area contributed by atoms with Gasteiger partial charge in [0.25, 0.3) is 0 Å².